The number of para-hydroxylation sites is 1. The van der Waals surface area contributed by atoms with E-state index in [9.17, 15) is 4.79 Å². The summed E-state index contributed by atoms with van der Waals surface area (Å²) in [4.78, 5) is 21.8. The lowest BCUT2D eigenvalue weighted by Gasteiger charge is -2.32. The molecule has 1 fully saturated rings. The molecule has 26 heavy (non-hydrogen) atoms. The highest BCUT2D eigenvalue weighted by molar-refractivity contribution is 5.92. The van der Waals surface area contributed by atoms with Gasteiger partial charge in [0.15, 0.2) is 0 Å². The van der Waals surface area contributed by atoms with Gasteiger partial charge in [-0.15, -0.1) is 0 Å². The van der Waals surface area contributed by atoms with Crippen LogP contribution in [0.1, 0.15) is 22.5 Å². The first kappa shape index (κ1) is 17.0. The predicted octanol–water partition coefficient (Wildman–Crippen LogP) is 2.06. The number of rotatable bonds is 3. The number of nitrogens with zero attached hydrogens (tertiary/aromatic N) is 4. The van der Waals surface area contributed by atoms with Gasteiger partial charge in [0.05, 0.1) is 0 Å². The first-order valence-electron chi connectivity index (χ1n) is 9.28. The zero-order valence-corrected chi connectivity index (χ0v) is 15.2. The monoisotopic (exact) mass is 351 g/mol. The third-order valence-corrected chi connectivity index (χ3v) is 5.12. The Hall–Kier alpha value is -2.44. The van der Waals surface area contributed by atoms with Crippen LogP contribution in [0, 0.1) is 0 Å². The molecule has 0 spiro atoms. The number of likely N-dealkylation sites (N-methyl/N-ethyl adjacent to an activating group) is 1. The van der Waals surface area contributed by atoms with Gasteiger partial charge in [0.25, 0.3) is 5.91 Å². The molecule has 1 aromatic carbocycles. The highest BCUT2D eigenvalue weighted by Gasteiger charge is 2.21. The van der Waals surface area contributed by atoms with Gasteiger partial charge in [-0.2, -0.15) is 0 Å². The molecular weight excluding hydrogens is 326 g/mol. The Morgan fingerprint density at radius 2 is 1.81 bits per heavy atom. The number of nitrogens with one attached hydrogen (secondary N) is 1. The summed E-state index contributed by atoms with van der Waals surface area (Å²) in [5.41, 5.74) is 5.99. The van der Waals surface area contributed by atoms with E-state index in [4.69, 9.17) is 0 Å². The number of fused-ring (bicyclic) bond motifs is 1. The van der Waals surface area contributed by atoms with Crippen LogP contribution in [0.5, 0.6) is 0 Å². The van der Waals surface area contributed by atoms with E-state index in [0.717, 1.165) is 51.4 Å². The van der Waals surface area contributed by atoms with Crippen molar-refractivity contribution < 1.29 is 4.79 Å². The topological polar surface area (TPSA) is 51.7 Å². The van der Waals surface area contributed by atoms with Gasteiger partial charge in [0.1, 0.15) is 11.5 Å². The molecular formula is C20H25N5O. The summed E-state index contributed by atoms with van der Waals surface area (Å²) in [5.74, 6) is 0.699. The molecule has 1 amide bonds. The van der Waals surface area contributed by atoms with Gasteiger partial charge >= 0.3 is 0 Å². The standard InChI is InChI=1S/C20H25N5O/c1-23-12-14-24(15-13-23)22-20(26)17-8-4-10-19(21-17)25-11-5-7-16-6-2-3-9-18(16)25/h2-4,6,8-10H,5,7,11-15H2,1H3,(H,22,26). The second-order valence-electron chi connectivity index (χ2n) is 7.00. The number of piperazine rings is 1. The molecule has 2 aliphatic heterocycles. The highest BCUT2D eigenvalue weighted by Crippen LogP contribution is 2.32. The van der Waals surface area contributed by atoms with Gasteiger partial charge < -0.3 is 9.80 Å². The van der Waals surface area contributed by atoms with Gasteiger partial charge in [-0.05, 0) is 43.7 Å². The number of anilines is 2. The van der Waals surface area contributed by atoms with Gasteiger partial charge in [-0.25, -0.2) is 9.99 Å². The van der Waals surface area contributed by atoms with Crippen molar-refractivity contribution in [2.75, 3.05) is 44.7 Å². The third kappa shape index (κ3) is 3.57. The SMILES string of the molecule is CN1CCN(NC(=O)c2cccc(N3CCCc4ccccc43)n2)CC1. The van der Waals surface area contributed by atoms with Crippen LogP contribution in [-0.4, -0.2) is 60.6 Å². The number of benzene rings is 1. The quantitative estimate of drug-likeness (QED) is 0.917. The number of hydrogen-bond donors (Lipinski definition) is 1. The van der Waals surface area contributed by atoms with Crippen LogP contribution >= 0.6 is 0 Å². The predicted molar refractivity (Wildman–Crippen MR) is 103 cm³/mol. The third-order valence-electron chi connectivity index (χ3n) is 5.12. The van der Waals surface area contributed by atoms with Crippen molar-refractivity contribution in [1.29, 1.82) is 0 Å². The first-order valence-corrected chi connectivity index (χ1v) is 9.28. The van der Waals surface area contributed by atoms with Crippen molar-refractivity contribution in [3.8, 4) is 0 Å². The molecule has 0 aliphatic carbocycles. The largest absolute Gasteiger partial charge is 0.326 e. The highest BCUT2D eigenvalue weighted by atomic mass is 16.2. The molecule has 6 nitrogen and oxygen atoms in total. The Morgan fingerprint density at radius 1 is 1.00 bits per heavy atom. The van der Waals surface area contributed by atoms with Crippen molar-refractivity contribution in [3.63, 3.8) is 0 Å². The minimum absolute atomic E-state index is 0.137. The van der Waals surface area contributed by atoms with Crippen molar-refractivity contribution in [3.05, 3.63) is 53.7 Å². The second kappa shape index (κ2) is 7.43. The van der Waals surface area contributed by atoms with E-state index < -0.39 is 0 Å². The lowest BCUT2D eigenvalue weighted by atomic mass is 10.0. The van der Waals surface area contributed by atoms with Crippen molar-refractivity contribution in [1.82, 2.24) is 20.3 Å². The number of hydrazine groups is 1. The first-order chi connectivity index (χ1) is 12.7. The molecule has 1 aromatic heterocycles. The smallest absolute Gasteiger partial charge is 0.284 e. The molecule has 0 bridgehead atoms. The van der Waals surface area contributed by atoms with Crippen molar-refractivity contribution in [2.24, 2.45) is 0 Å². The normalized spacial score (nSPS) is 18.4. The van der Waals surface area contributed by atoms with E-state index >= 15 is 0 Å². The molecule has 0 radical (unpaired) electrons. The van der Waals surface area contributed by atoms with Crippen LogP contribution in [0.2, 0.25) is 0 Å². The molecule has 3 heterocycles. The number of carbonyl (C=O) groups excluding carboxylic acids is 1. The zero-order valence-electron chi connectivity index (χ0n) is 15.2. The van der Waals surface area contributed by atoms with Crippen LogP contribution in [-0.2, 0) is 6.42 Å². The number of hydrogen-bond acceptors (Lipinski definition) is 5. The molecule has 2 aliphatic rings. The summed E-state index contributed by atoms with van der Waals surface area (Å²) in [6.07, 6.45) is 2.19. The molecule has 0 atom stereocenters. The lowest BCUT2D eigenvalue weighted by molar-refractivity contribution is 0.0658. The van der Waals surface area contributed by atoms with Crippen molar-refractivity contribution in [2.45, 2.75) is 12.8 Å². The number of carbonyl (C=O) groups is 1. The maximum absolute atomic E-state index is 12.6. The number of aromatic nitrogens is 1. The van der Waals surface area contributed by atoms with E-state index in [1.165, 1.54) is 11.3 Å². The number of aryl methyl sites for hydroxylation is 1. The molecule has 6 heteroatoms. The summed E-state index contributed by atoms with van der Waals surface area (Å²) in [6, 6.07) is 14.1. The average Bonchev–Trinajstić information content (AvgIpc) is 2.69. The summed E-state index contributed by atoms with van der Waals surface area (Å²) >= 11 is 0. The Labute approximate surface area is 154 Å². The fourth-order valence-electron chi connectivity index (χ4n) is 3.59. The van der Waals surface area contributed by atoms with E-state index in [-0.39, 0.29) is 5.91 Å². The Morgan fingerprint density at radius 3 is 2.65 bits per heavy atom. The minimum Gasteiger partial charge on any atom is -0.326 e. The Bertz CT molecular complexity index is 785. The van der Waals surface area contributed by atoms with Gasteiger partial charge in [0, 0.05) is 38.4 Å². The number of pyridine rings is 1. The second-order valence-corrected chi connectivity index (χ2v) is 7.00. The molecule has 0 unspecified atom stereocenters. The Balaban J connectivity index is 1.51. The van der Waals surface area contributed by atoms with Crippen LogP contribution in [0.3, 0.4) is 0 Å². The van der Waals surface area contributed by atoms with E-state index in [1.54, 1.807) is 6.07 Å². The van der Waals surface area contributed by atoms with Gasteiger partial charge in [-0.1, -0.05) is 24.3 Å². The zero-order chi connectivity index (χ0) is 17.9. The van der Waals surface area contributed by atoms with E-state index in [2.05, 4.69) is 51.5 Å². The average molecular weight is 351 g/mol. The minimum atomic E-state index is -0.137. The summed E-state index contributed by atoms with van der Waals surface area (Å²) in [6.45, 7) is 4.51. The molecule has 2 aromatic rings. The maximum Gasteiger partial charge on any atom is 0.284 e. The lowest BCUT2D eigenvalue weighted by Crippen LogP contribution is -2.52. The van der Waals surface area contributed by atoms with Crippen LogP contribution in [0.4, 0.5) is 11.5 Å². The maximum atomic E-state index is 12.6. The molecule has 4 rings (SSSR count). The fraction of sp³-hybridized carbons (Fsp3) is 0.400. The molecule has 0 saturated carbocycles. The van der Waals surface area contributed by atoms with E-state index in [1.807, 2.05) is 17.1 Å². The van der Waals surface area contributed by atoms with Crippen LogP contribution < -0.4 is 10.3 Å². The van der Waals surface area contributed by atoms with Crippen LogP contribution in [0.15, 0.2) is 42.5 Å². The summed E-state index contributed by atoms with van der Waals surface area (Å²) in [7, 11) is 2.10. The molecule has 1 saturated heterocycles. The van der Waals surface area contributed by atoms with Crippen LogP contribution in [0.25, 0.3) is 0 Å². The fourth-order valence-corrected chi connectivity index (χ4v) is 3.59. The number of amides is 1. The van der Waals surface area contributed by atoms with Gasteiger partial charge in [-0.3, -0.25) is 10.2 Å². The Kier molecular flexibility index (Phi) is 4.86. The summed E-state index contributed by atoms with van der Waals surface area (Å²) < 4.78 is 0. The summed E-state index contributed by atoms with van der Waals surface area (Å²) in [5, 5.41) is 1.98. The van der Waals surface area contributed by atoms with Crippen molar-refractivity contribution >= 4 is 17.4 Å². The van der Waals surface area contributed by atoms with Gasteiger partial charge in [0.2, 0.25) is 0 Å². The molecule has 1 N–H and O–H groups in total. The molecule has 136 valence electrons. The van der Waals surface area contributed by atoms with E-state index in [0.29, 0.717) is 5.69 Å².